The molecule has 1 atom stereocenters. The van der Waals surface area contributed by atoms with Gasteiger partial charge in [0.2, 0.25) is 11.8 Å². The van der Waals surface area contributed by atoms with Crippen LogP contribution in [0.5, 0.6) is 0 Å². The summed E-state index contributed by atoms with van der Waals surface area (Å²) < 4.78 is 0. The molecule has 4 amide bonds. The van der Waals surface area contributed by atoms with E-state index in [0.29, 0.717) is 0 Å². The molecule has 1 aromatic heterocycles. The van der Waals surface area contributed by atoms with Gasteiger partial charge in [0.15, 0.2) is 5.41 Å². The van der Waals surface area contributed by atoms with Gasteiger partial charge in [0, 0.05) is 32.4 Å². The van der Waals surface area contributed by atoms with Crippen molar-refractivity contribution in [1.82, 2.24) is 14.8 Å². The molecule has 7 nitrogen and oxygen atoms in total. The molecule has 2 fully saturated rings. The number of anilines is 1. The van der Waals surface area contributed by atoms with Crippen LogP contribution in [0, 0.1) is 5.41 Å². The summed E-state index contributed by atoms with van der Waals surface area (Å²) in [4.78, 5) is 48.4. The minimum absolute atomic E-state index is 0.277. The zero-order valence-corrected chi connectivity index (χ0v) is 16.0. The van der Waals surface area contributed by atoms with Gasteiger partial charge in [-0.2, -0.15) is 0 Å². The van der Waals surface area contributed by atoms with Crippen LogP contribution in [0.25, 0.3) is 10.9 Å². The molecule has 144 valence electrons. The average molecular weight is 378 g/mol. The molecule has 0 bridgehead atoms. The van der Waals surface area contributed by atoms with Gasteiger partial charge in [0.25, 0.3) is 0 Å². The van der Waals surface area contributed by atoms with Crippen LogP contribution in [0.2, 0.25) is 0 Å². The normalized spacial score (nSPS) is 24.0. The molecule has 3 aliphatic heterocycles. The number of aromatic nitrogens is 1. The van der Waals surface area contributed by atoms with Gasteiger partial charge in [-0.15, -0.1) is 0 Å². The van der Waals surface area contributed by atoms with Crippen LogP contribution < -0.4 is 4.90 Å². The van der Waals surface area contributed by atoms with E-state index in [2.05, 4.69) is 4.90 Å². The molecule has 0 aliphatic carbocycles. The largest absolute Gasteiger partial charge is 0.352 e. The second-order valence-electron chi connectivity index (χ2n) is 8.03. The van der Waals surface area contributed by atoms with Crippen molar-refractivity contribution < 1.29 is 14.4 Å². The Bertz CT molecular complexity index is 1010. The number of hydrogen-bond acceptors (Lipinski definition) is 5. The van der Waals surface area contributed by atoms with Gasteiger partial charge in [0.05, 0.1) is 11.6 Å². The smallest absolute Gasteiger partial charge is 0.332 e. The van der Waals surface area contributed by atoms with Crippen LogP contribution in [-0.2, 0) is 16.0 Å². The molecule has 0 radical (unpaired) electrons. The molecule has 0 unspecified atom stereocenters. The Balaban J connectivity index is 1.74. The van der Waals surface area contributed by atoms with E-state index in [4.69, 9.17) is 4.98 Å². The van der Waals surface area contributed by atoms with E-state index in [1.54, 1.807) is 0 Å². The molecular formula is C21H22N4O3. The minimum Gasteiger partial charge on any atom is -0.352 e. The highest BCUT2D eigenvalue weighted by Gasteiger charge is 2.63. The maximum Gasteiger partial charge on any atom is 0.332 e. The predicted octanol–water partition coefficient (Wildman–Crippen LogP) is 2.19. The predicted molar refractivity (Wildman–Crippen MR) is 104 cm³/mol. The first-order chi connectivity index (χ1) is 13.4. The van der Waals surface area contributed by atoms with Gasteiger partial charge in [-0.25, -0.2) is 9.78 Å². The molecule has 0 N–H and O–H groups in total. The van der Waals surface area contributed by atoms with Crippen molar-refractivity contribution in [2.75, 3.05) is 25.5 Å². The van der Waals surface area contributed by atoms with Crippen molar-refractivity contribution in [2.45, 2.75) is 31.7 Å². The van der Waals surface area contributed by atoms with Crippen molar-refractivity contribution in [2.24, 2.45) is 5.41 Å². The Morgan fingerprint density at radius 1 is 1.04 bits per heavy atom. The van der Waals surface area contributed by atoms with Crippen molar-refractivity contribution in [3.05, 3.63) is 35.9 Å². The first kappa shape index (κ1) is 17.2. The van der Waals surface area contributed by atoms with E-state index in [-0.39, 0.29) is 12.5 Å². The molecule has 0 saturated carbocycles. The van der Waals surface area contributed by atoms with Crippen LogP contribution in [0.1, 0.15) is 24.8 Å². The monoisotopic (exact) mass is 378 g/mol. The molecular weight excluding hydrogens is 356 g/mol. The lowest BCUT2D eigenvalue weighted by Gasteiger charge is -2.54. The van der Waals surface area contributed by atoms with Crippen LogP contribution in [-0.4, -0.2) is 59.3 Å². The number of pyridine rings is 1. The second-order valence-corrected chi connectivity index (χ2v) is 8.03. The lowest BCUT2D eigenvalue weighted by atomic mass is 9.66. The number of nitrogens with zero attached hydrogens (tertiary/aromatic N) is 4. The highest BCUT2D eigenvalue weighted by molar-refractivity contribution is 6.20. The van der Waals surface area contributed by atoms with Crippen molar-refractivity contribution in [1.29, 1.82) is 0 Å². The molecule has 3 aliphatic rings. The van der Waals surface area contributed by atoms with Crippen molar-refractivity contribution >= 4 is 34.6 Å². The molecule has 28 heavy (non-hydrogen) atoms. The third kappa shape index (κ3) is 2.04. The Morgan fingerprint density at radius 3 is 2.50 bits per heavy atom. The van der Waals surface area contributed by atoms with Crippen LogP contribution in [0.3, 0.4) is 0 Å². The molecule has 1 spiro atoms. The summed E-state index contributed by atoms with van der Waals surface area (Å²) in [5.41, 5.74) is 0.538. The SMILES string of the molecule is CN1C(=O)N(C)C(=O)C2(Cc3cc4ccccc4nc3N3CCCC[C@H]32)C1=O. The van der Waals surface area contributed by atoms with Crippen LogP contribution >= 0.6 is 0 Å². The maximum absolute atomic E-state index is 13.4. The van der Waals surface area contributed by atoms with Gasteiger partial charge >= 0.3 is 6.03 Å². The number of piperidine rings is 1. The van der Waals surface area contributed by atoms with Gasteiger partial charge in [-0.3, -0.25) is 19.4 Å². The molecule has 7 heteroatoms. The molecule has 4 heterocycles. The molecule has 2 saturated heterocycles. The fraction of sp³-hybridized carbons (Fsp3) is 0.429. The number of hydrogen-bond donors (Lipinski definition) is 0. The maximum atomic E-state index is 13.4. The number of para-hydroxylation sites is 1. The third-order valence-electron chi connectivity index (χ3n) is 6.54. The van der Waals surface area contributed by atoms with E-state index in [9.17, 15) is 14.4 Å². The number of imide groups is 2. The van der Waals surface area contributed by atoms with Crippen molar-refractivity contribution in [3.63, 3.8) is 0 Å². The number of benzene rings is 1. The molecule has 1 aromatic carbocycles. The summed E-state index contributed by atoms with van der Waals surface area (Å²) in [5.74, 6) is 0.0875. The first-order valence-corrected chi connectivity index (χ1v) is 9.71. The number of amides is 4. The van der Waals surface area contributed by atoms with Gasteiger partial charge in [-0.1, -0.05) is 18.2 Å². The van der Waals surface area contributed by atoms with Gasteiger partial charge < -0.3 is 4.90 Å². The van der Waals surface area contributed by atoms with E-state index in [1.165, 1.54) is 14.1 Å². The van der Waals surface area contributed by atoms with Crippen molar-refractivity contribution in [3.8, 4) is 0 Å². The Morgan fingerprint density at radius 2 is 1.75 bits per heavy atom. The number of urea groups is 1. The number of carbonyl (C=O) groups is 3. The number of barbiturate groups is 1. The first-order valence-electron chi connectivity index (χ1n) is 9.71. The average Bonchev–Trinajstić information content (AvgIpc) is 2.73. The fourth-order valence-electron chi connectivity index (χ4n) is 5.17. The zero-order valence-electron chi connectivity index (χ0n) is 16.0. The fourth-order valence-corrected chi connectivity index (χ4v) is 5.17. The lowest BCUT2D eigenvalue weighted by Crippen LogP contribution is -2.72. The highest BCUT2D eigenvalue weighted by atomic mass is 16.2. The Kier molecular flexibility index (Phi) is 3.53. The number of rotatable bonds is 0. The quantitative estimate of drug-likeness (QED) is 0.657. The molecule has 5 rings (SSSR count). The highest BCUT2D eigenvalue weighted by Crippen LogP contribution is 2.48. The summed E-state index contributed by atoms with van der Waals surface area (Å²) >= 11 is 0. The Hall–Kier alpha value is -2.96. The van der Waals surface area contributed by atoms with Gasteiger partial charge in [-0.05, 0) is 37.0 Å². The standard InChI is InChI=1S/C21H22N4O3/c1-23-18(26)21(19(27)24(2)20(23)28)12-14-11-13-7-3-4-8-15(13)22-17(14)25-10-6-5-9-16(21)25/h3-4,7-8,11,16H,5-6,9-10,12H2,1-2H3/t16-/m0/s1. The zero-order chi connectivity index (χ0) is 19.6. The third-order valence-corrected chi connectivity index (χ3v) is 6.54. The van der Waals surface area contributed by atoms with Crippen LogP contribution in [0.4, 0.5) is 10.6 Å². The van der Waals surface area contributed by atoms with E-state index in [1.807, 2.05) is 30.3 Å². The van der Waals surface area contributed by atoms with Gasteiger partial charge in [0.1, 0.15) is 5.82 Å². The number of carbonyl (C=O) groups excluding carboxylic acids is 3. The summed E-state index contributed by atoms with van der Waals surface area (Å²) in [5, 5.41) is 0.986. The van der Waals surface area contributed by atoms with E-state index < -0.39 is 23.3 Å². The minimum atomic E-state index is -1.27. The van der Waals surface area contributed by atoms with Crippen LogP contribution in [0.15, 0.2) is 30.3 Å². The summed E-state index contributed by atoms with van der Waals surface area (Å²) in [6, 6.07) is 9.09. The van der Waals surface area contributed by atoms with E-state index >= 15 is 0 Å². The second kappa shape index (κ2) is 5.77. The lowest BCUT2D eigenvalue weighted by molar-refractivity contribution is -0.159. The molecule has 2 aromatic rings. The summed E-state index contributed by atoms with van der Waals surface area (Å²) in [6.45, 7) is 0.757. The van der Waals surface area contributed by atoms with E-state index in [0.717, 1.165) is 57.9 Å². The summed E-state index contributed by atoms with van der Waals surface area (Å²) in [7, 11) is 2.94. The number of fused-ring (bicyclic) bond motifs is 5. The topological polar surface area (TPSA) is 73.8 Å². The Labute approximate surface area is 162 Å². The summed E-state index contributed by atoms with van der Waals surface area (Å²) in [6.07, 6.45) is 2.96.